The smallest absolute Gasteiger partial charge is 0.408 e. The molecule has 0 saturated heterocycles. The monoisotopic (exact) mass is 292 g/mol. The summed E-state index contributed by atoms with van der Waals surface area (Å²) in [7, 11) is 0. The van der Waals surface area contributed by atoms with E-state index in [2.05, 4.69) is 0 Å². The summed E-state index contributed by atoms with van der Waals surface area (Å²) < 4.78 is 20.2. The lowest BCUT2D eigenvalue weighted by atomic mass is 10.2. The number of halogens is 2. The normalized spacial score (nSPS) is 11.1. The second-order valence-corrected chi connectivity index (χ2v) is 4.85. The van der Waals surface area contributed by atoms with Crippen molar-refractivity contribution in [2.75, 3.05) is 5.73 Å². The largest absolute Gasteiger partial charge is 0.420 e. The van der Waals surface area contributed by atoms with Crippen molar-refractivity contribution in [1.82, 2.24) is 4.57 Å². The Bertz CT molecular complexity index is 854. The summed E-state index contributed by atoms with van der Waals surface area (Å²) in [5, 5.41) is 0.409. The Labute approximate surface area is 118 Å². The van der Waals surface area contributed by atoms with Gasteiger partial charge >= 0.3 is 5.76 Å². The quantitative estimate of drug-likeness (QED) is 0.739. The van der Waals surface area contributed by atoms with Crippen molar-refractivity contribution < 1.29 is 8.81 Å². The fourth-order valence-electron chi connectivity index (χ4n) is 2.07. The van der Waals surface area contributed by atoms with E-state index in [0.717, 1.165) is 0 Å². The summed E-state index contributed by atoms with van der Waals surface area (Å²) in [6.45, 7) is 0.0438. The van der Waals surface area contributed by atoms with E-state index in [0.29, 0.717) is 27.4 Å². The Balaban J connectivity index is 2.13. The molecule has 0 bridgehead atoms. The molecule has 20 heavy (non-hydrogen) atoms. The SMILES string of the molecule is Nc1ccc2c(c1)oc(=O)n2Cc1cc(Cl)ccc1F. The van der Waals surface area contributed by atoms with Crippen LogP contribution in [0.4, 0.5) is 10.1 Å². The predicted molar refractivity (Wildman–Crippen MR) is 75.4 cm³/mol. The Morgan fingerprint density at radius 1 is 1.25 bits per heavy atom. The molecule has 3 aromatic rings. The molecule has 6 heteroatoms. The van der Waals surface area contributed by atoms with Gasteiger partial charge in [0.05, 0.1) is 12.1 Å². The number of nitrogens with two attached hydrogens (primary N) is 1. The second-order valence-electron chi connectivity index (χ2n) is 4.42. The third-order valence-corrected chi connectivity index (χ3v) is 3.26. The van der Waals surface area contributed by atoms with Crippen molar-refractivity contribution >= 4 is 28.4 Å². The zero-order valence-electron chi connectivity index (χ0n) is 10.3. The van der Waals surface area contributed by atoms with Crippen molar-refractivity contribution in [3.05, 3.63) is 63.4 Å². The van der Waals surface area contributed by atoms with Gasteiger partial charge in [0.15, 0.2) is 5.58 Å². The molecule has 0 aliphatic rings. The highest BCUT2D eigenvalue weighted by molar-refractivity contribution is 6.30. The summed E-state index contributed by atoms with van der Waals surface area (Å²) in [5.41, 5.74) is 7.37. The highest BCUT2D eigenvalue weighted by Gasteiger charge is 2.12. The molecule has 0 fully saturated rings. The number of rotatable bonds is 2. The summed E-state index contributed by atoms with van der Waals surface area (Å²) >= 11 is 5.84. The zero-order chi connectivity index (χ0) is 14.3. The number of oxazole rings is 1. The molecule has 2 aromatic carbocycles. The molecule has 102 valence electrons. The minimum atomic E-state index is -0.565. The molecule has 0 atom stereocenters. The number of hydrogen-bond donors (Lipinski definition) is 1. The van der Waals surface area contributed by atoms with E-state index in [1.165, 1.54) is 22.8 Å². The highest BCUT2D eigenvalue weighted by atomic mass is 35.5. The number of anilines is 1. The number of hydrogen-bond acceptors (Lipinski definition) is 3. The van der Waals surface area contributed by atoms with E-state index in [4.69, 9.17) is 21.8 Å². The molecule has 0 unspecified atom stereocenters. The van der Waals surface area contributed by atoms with Crippen LogP contribution in [0.15, 0.2) is 45.6 Å². The van der Waals surface area contributed by atoms with Crippen molar-refractivity contribution in [3.63, 3.8) is 0 Å². The van der Waals surface area contributed by atoms with Crippen LogP contribution in [0.2, 0.25) is 5.02 Å². The van der Waals surface area contributed by atoms with Crippen LogP contribution in [0, 0.1) is 5.82 Å². The van der Waals surface area contributed by atoms with Crippen LogP contribution >= 0.6 is 11.6 Å². The summed E-state index contributed by atoms with van der Waals surface area (Å²) in [6, 6.07) is 9.08. The zero-order valence-corrected chi connectivity index (χ0v) is 11.0. The number of nitrogens with zero attached hydrogens (tertiary/aromatic N) is 1. The maximum absolute atomic E-state index is 13.7. The van der Waals surface area contributed by atoms with Crippen LogP contribution < -0.4 is 11.5 Å². The van der Waals surface area contributed by atoms with Crippen molar-refractivity contribution in [3.8, 4) is 0 Å². The molecule has 3 rings (SSSR count). The molecule has 0 aliphatic carbocycles. The van der Waals surface area contributed by atoms with Crippen molar-refractivity contribution in [2.45, 2.75) is 6.54 Å². The molecular formula is C14H10ClFN2O2. The molecule has 0 spiro atoms. The van der Waals surface area contributed by atoms with Crippen LogP contribution in [-0.4, -0.2) is 4.57 Å². The van der Waals surface area contributed by atoms with Gasteiger partial charge in [-0.2, -0.15) is 0 Å². The summed E-state index contributed by atoms with van der Waals surface area (Å²) in [5.74, 6) is -0.990. The van der Waals surface area contributed by atoms with Gasteiger partial charge in [-0.3, -0.25) is 4.57 Å². The van der Waals surface area contributed by atoms with E-state index in [-0.39, 0.29) is 6.54 Å². The van der Waals surface area contributed by atoms with Crippen LogP contribution in [0.5, 0.6) is 0 Å². The van der Waals surface area contributed by atoms with Crippen LogP contribution in [0.25, 0.3) is 11.1 Å². The van der Waals surface area contributed by atoms with Gasteiger partial charge in [-0.05, 0) is 30.3 Å². The number of fused-ring (bicyclic) bond motifs is 1. The Morgan fingerprint density at radius 2 is 2.05 bits per heavy atom. The van der Waals surface area contributed by atoms with Gasteiger partial charge in [0.1, 0.15) is 5.82 Å². The molecule has 1 aromatic heterocycles. The number of aromatic nitrogens is 1. The predicted octanol–water partition coefficient (Wildman–Crippen LogP) is 3.02. The average Bonchev–Trinajstić information content (AvgIpc) is 2.69. The molecule has 1 heterocycles. The van der Waals surface area contributed by atoms with Gasteiger partial charge in [-0.15, -0.1) is 0 Å². The Morgan fingerprint density at radius 3 is 2.85 bits per heavy atom. The first-order valence-electron chi connectivity index (χ1n) is 5.87. The highest BCUT2D eigenvalue weighted by Crippen LogP contribution is 2.20. The van der Waals surface area contributed by atoms with E-state index in [1.807, 2.05) is 0 Å². The van der Waals surface area contributed by atoms with E-state index in [9.17, 15) is 9.18 Å². The average molecular weight is 293 g/mol. The minimum Gasteiger partial charge on any atom is -0.408 e. The standard InChI is InChI=1S/C14H10ClFN2O2/c15-9-1-3-11(16)8(5-9)7-18-12-4-2-10(17)6-13(12)20-14(18)19/h1-6H,7,17H2. The first-order valence-corrected chi connectivity index (χ1v) is 6.25. The molecule has 0 aliphatic heterocycles. The molecule has 0 saturated carbocycles. The third kappa shape index (κ3) is 2.16. The second kappa shape index (κ2) is 4.68. The van der Waals surface area contributed by atoms with Gasteiger partial charge in [-0.1, -0.05) is 11.6 Å². The number of benzene rings is 2. The lowest BCUT2D eigenvalue weighted by molar-refractivity contribution is 0.512. The Kier molecular flexibility index (Phi) is 2.99. The van der Waals surface area contributed by atoms with E-state index < -0.39 is 11.6 Å². The maximum atomic E-state index is 13.7. The summed E-state index contributed by atoms with van der Waals surface area (Å²) in [4.78, 5) is 11.9. The minimum absolute atomic E-state index is 0.0438. The number of nitrogen functional groups attached to an aromatic ring is 1. The Hall–Kier alpha value is -2.27. The fourth-order valence-corrected chi connectivity index (χ4v) is 2.26. The molecular weight excluding hydrogens is 283 g/mol. The van der Waals surface area contributed by atoms with E-state index >= 15 is 0 Å². The molecule has 0 amide bonds. The summed E-state index contributed by atoms with van der Waals surface area (Å²) in [6.07, 6.45) is 0. The van der Waals surface area contributed by atoms with Gasteiger partial charge in [0.2, 0.25) is 0 Å². The third-order valence-electron chi connectivity index (χ3n) is 3.03. The lowest BCUT2D eigenvalue weighted by Gasteiger charge is -2.05. The molecule has 4 nitrogen and oxygen atoms in total. The van der Waals surface area contributed by atoms with Crippen LogP contribution in [-0.2, 0) is 6.54 Å². The first-order chi connectivity index (χ1) is 9.54. The first kappa shape index (κ1) is 12.7. The maximum Gasteiger partial charge on any atom is 0.420 e. The van der Waals surface area contributed by atoms with E-state index in [1.54, 1.807) is 18.2 Å². The van der Waals surface area contributed by atoms with Crippen molar-refractivity contribution in [2.24, 2.45) is 0 Å². The van der Waals surface area contributed by atoms with Crippen LogP contribution in [0.3, 0.4) is 0 Å². The van der Waals surface area contributed by atoms with Gasteiger partial charge in [0, 0.05) is 22.3 Å². The van der Waals surface area contributed by atoms with Gasteiger partial charge in [-0.25, -0.2) is 9.18 Å². The van der Waals surface area contributed by atoms with Gasteiger partial charge < -0.3 is 10.2 Å². The molecule has 2 N–H and O–H groups in total. The van der Waals surface area contributed by atoms with Gasteiger partial charge in [0.25, 0.3) is 0 Å². The topological polar surface area (TPSA) is 61.2 Å². The fraction of sp³-hybridized carbons (Fsp3) is 0.0714. The van der Waals surface area contributed by atoms with Crippen LogP contribution in [0.1, 0.15) is 5.56 Å². The lowest BCUT2D eigenvalue weighted by Crippen LogP contribution is -2.15. The van der Waals surface area contributed by atoms with Crippen molar-refractivity contribution in [1.29, 1.82) is 0 Å². The molecule has 0 radical (unpaired) electrons.